The first-order valence-electron chi connectivity index (χ1n) is 8.56. The molecule has 1 fully saturated rings. The first-order chi connectivity index (χ1) is 12.3. The van der Waals surface area contributed by atoms with E-state index in [1.54, 1.807) is 19.9 Å². The molecule has 1 saturated heterocycles. The lowest BCUT2D eigenvalue weighted by molar-refractivity contribution is -0.138. The van der Waals surface area contributed by atoms with Gasteiger partial charge in [0.25, 0.3) is 5.91 Å². The van der Waals surface area contributed by atoms with Gasteiger partial charge in [-0.1, -0.05) is 0 Å². The van der Waals surface area contributed by atoms with Crippen LogP contribution in [0, 0.1) is 20.8 Å². The Morgan fingerprint density at radius 1 is 1.23 bits per heavy atom. The summed E-state index contributed by atoms with van der Waals surface area (Å²) in [5.41, 5.74) is 7.52. The Balaban J connectivity index is 1.82. The van der Waals surface area contributed by atoms with Crippen LogP contribution < -0.4 is 16.1 Å². The Kier molecular flexibility index (Phi) is 4.71. The number of hydrogen-bond acceptors (Lipinski definition) is 5. The van der Waals surface area contributed by atoms with E-state index in [-0.39, 0.29) is 18.1 Å². The number of hydrogen-bond donors (Lipinski definition) is 1. The third-order valence-corrected chi connectivity index (χ3v) is 5.08. The van der Waals surface area contributed by atoms with E-state index in [4.69, 9.17) is 14.9 Å². The molecule has 0 radical (unpaired) electrons. The second-order valence-electron chi connectivity index (χ2n) is 6.64. The Morgan fingerprint density at radius 2 is 1.96 bits per heavy atom. The van der Waals surface area contributed by atoms with Gasteiger partial charge >= 0.3 is 5.63 Å². The van der Waals surface area contributed by atoms with Crippen molar-refractivity contribution >= 4 is 22.8 Å². The van der Waals surface area contributed by atoms with Crippen molar-refractivity contribution in [1.29, 1.82) is 0 Å². The number of ether oxygens (including phenoxy) is 1. The van der Waals surface area contributed by atoms with E-state index in [9.17, 15) is 14.4 Å². The van der Waals surface area contributed by atoms with Crippen molar-refractivity contribution in [2.75, 3.05) is 13.2 Å². The van der Waals surface area contributed by atoms with Gasteiger partial charge < -0.3 is 19.8 Å². The number of nitrogens with zero attached hydrogens (tertiary/aromatic N) is 1. The highest BCUT2D eigenvalue weighted by atomic mass is 16.5. The van der Waals surface area contributed by atoms with Crippen molar-refractivity contribution in [3.63, 3.8) is 0 Å². The molecule has 1 aromatic carbocycles. The second kappa shape index (κ2) is 6.82. The highest BCUT2D eigenvalue weighted by Crippen LogP contribution is 2.29. The molecule has 1 aromatic heterocycles. The number of benzene rings is 1. The SMILES string of the molecule is Cc1c(C)c2ccc(OCC(=O)N3CCC[C@H]3C(N)=O)c(C)c2oc1=O. The molecule has 138 valence electrons. The monoisotopic (exact) mass is 358 g/mol. The minimum Gasteiger partial charge on any atom is -0.483 e. The van der Waals surface area contributed by atoms with Gasteiger partial charge in [0.1, 0.15) is 17.4 Å². The van der Waals surface area contributed by atoms with Crippen molar-refractivity contribution in [1.82, 2.24) is 4.90 Å². The summed E-state index contributed by atoms with van der Waals surface area (Å²) < 4.78 is 11.1. The van der Waals surface area contributed by atoms with E-state index in [0.29, 0.717) is 35.4 Å². The Hall–Kier alpha value is -2.83. The molecule has 2 N–H and O–H groups in total. The first-order valence-corrected chi connectivity index (χ1v) is 8.56. The number of rotatable bonds is 4. The van der Waals surface area contributed by atoms with Gasteiger partial charge in [-0.15, -0.1) is 0 Å². The number of carbonyl (C=O) groups is 2. The summed E-state index contributed by atoms with van der Waals surface area (Å²) in [6, 6.07) is 3.01. The lowest BCUT2D eigenvalue weighted by Gasteiger charge is -2.22. The summed E-state index contributed by atoms with van der Waals surface area (Å²) in [7, 11) is 0. The molecule has 0 unspecified atom stereocenters. The van der Waals surface area contributed by atoms with Gasteiger partial charge in [0, 0.05) is 23.1 Å². The number of likely N-dealkylation sites (tertiary alicyclic amines) is 1. The van der Waals surface area contributed by atoms with Crippen LogP contribution in [-0.2, 0) is 9.59 Å². The summed E-state index contributed by atoms with van der Waals surface area (Å²) in [5.74, 6) is -0.315. The maximum Gasteiger partial charge on any atom is 0.339 e. The summed E-state index contributed by atoms with van der Waals surface area (Å²) in [6.07, 6.45) is 1.33. The van der Waals surface area contributed by atoms with Gasteiger partial charge in [0.05, 0.1) is 0 Å². The predicted octanol–water partition coefficient (Wildman–Crippen LogP) is 1.57. The maximum absolute atomic E-state index is 12.4. The van der Waals surface area contributed by atoms with E-state index >= 15 is 0 Å². The zero-order valence-corrected chi connectivity index (χ0v) is 15.1. The van der Waals surface area contributed by atoms with Gasteiger partial charge in [-0.3, -0.25) is 9.59 Å². The van der Waals surface area contributed by atoms with Gasteiger partial charge in [-0.2, -0.15) is 0 Å². The van der Waals surface area contributed by atoms with Crippen LogP contribution in [0.25, 0.3) is 11.0 Å². The molecule has 3 rings (SSSR count). The first kappa shape index (κ1) is 18.0. The number of nitrogens with two attached hydrogens (primary N) is 1. The molecular weight excluding hydrogens is 336 g/mol. The smallest absolute Gasteiger partial charge is 0.339 e. The van der Waals surface area contributed by atoms with Gasteiger partial charge in [-0.25, -0.2) is 4.79 Å². The summed E-state index contributed by atoms with van der Waals surface area (Å²) in [5, 5.41) is 0.839. The zero-order valence-electron chi connectivity index (χ0n) is 15.1. The number of carbonyl (C=O) groups excluding carboxylic acids is 2. The van der Waals surface area contributed by atoms with Crippen LogP contribution in [0.15, 0.2) is 21.3 Å². The molecule has 0 aliphatic carbocycles. The molecule has 1 aliphatic heterocycles. The number of aryl methyl sites for hydroxylation is 2. The average Bonchev–Trinajstić information content (AvgIpc) is 3.10. The molecule has 2 heterocycles. The van der Waals surface area contributed by atoms with Crippen LogP contribution >= 0.6 is 0 Å². The number of amides is 2. The van der Waals surface area contributed by atoms with E-state index in [1.807, 2.05) is 13.0 Å². The topological polar surface area (TPSA) is 103 Å². The van der Waals surface area contributed by atoms with Gasteiger partial charge in [-0.05, 0) is 51.3 Å². The van der Waals surface area contributed by atoms with Crippen LogP contribution in [0.3, 0.4) is 0 Å². The van der Waals surface area contributed by atoms with Crippen molar-refractivity contribution in [3.8, 4) is 5.75 Å². The van der Waals surface area contributed by atoms with Crippen LogP contribution in [0.2, 0.25) is 0 Å². The van der Waals surface area contributed by atoms with Crippen molar-refractivity contribution in [3.05, 3.63) is 39.2 Å². The second-order valence-corrected chi connectivity index (χ2v) is 6.64. The summed E-state index contributed by atoms with van der Waals surface area (Å²) in [6.45, 7) is 5.67. The fourth-order valence-corrected chi connectivity index (χ4v) is 3.36. The zero-order chi connectivity index (χ0) is 19.0. The molecule has 1 atom stereocenters. The van der Waals surface area contributed by atoms with E-state index in [1.165, 1.54) is 4.90 Å². The lowest BCUT2D eigenvalue weighted by atomic mass is 10.0. The normalized spacial score (nSPS) is 16.9. The number of primary amides is 1. The van der Waals surface area contributed by atoms with Gasteiger partial charge in [0.15, 0.2) is 6.61 Å². The Morgan fingerprint density at radius 3 is 2.65 bits per heavy atom. The summed E-state index contributed by atoms with van der Waals surface area (Å²) >= 11 is 0. The molecular formula is C19H22N2O5. The quantitative estimate of drug-likeness (QED) is 0.836. The molecule has 0 saturated carbocycles. The van der Waals surface area contributed by atoms with E-state index in [2.05, 4.69) is 0 Å². The highest BCUT2D eigenvalue weighted by Gasteiger charge is 2.32. The predicted molar refractivity (Wildman–Crippen MR) is 96.1 cm³/mol. The Labute approximate surface area is 150 Å². The third kappa shape index (κ3) is 3.05. The van der Waals surface area contributed by atoms with Crippen LogP contribution in [-0.4, -0.2) is 35.9 Å². The molecule has 2 aromatic rings. The minimum absolute atomic E-state index is 0.203. The lowest BCUT2D eigenvalue weighted by Crippen LogP contribution is -2.45. The fourth-order valence-electron chi connectivity index (χ4n) is 3.36. The summed E-state index contributed by atoms with van der Waals surface area (Å²) in [4.78, 5) is 37.2. The number of fused-ring (bicyclic) bond motifs is 1. The van der Waals surface area contributed by atoms with Crippen LogP contribution in [0.5, 0.6) is 5.75 Å². The fraction of sp³-hybridized carbons (Fsp3) is 0.421. The molecule has 0 bridgehead atoms. The Bertz CT molecular complexity index is 947. The molecule has 0 spiro atoms. The van der Waals surface area contributed by atoms with Crippen LogP contribution in [0.4, 0.5) is 0 Å². The molecule has 7 heteroatoms. The minimum atomic E-state index is -0.563. The van der Waals surface area contributed by atoms with Crippen molar-refractivity contribution in [2.24, 2.45) is 5.73 Å². The largest absolute Gasteiger partial charge is 0.483 e. The molecule has 2 amide bonds. The van der Waals surface area contributed by atoms with Crippen molar-refractivity contribution in [2.45, 2.75) is 39.7 Å². The maximum atomic E-state index is 12.4. The van der Waals surface area contributed by atoms with Gasteiger partial charge in [0.2, 0.25) is 5.91 Å². The standard InChI is InChI=1S/C19H22N2O5/c1-10-11(2)19(24)26-17-12(3)15(7-6-13(10)17)25-9-16(22)21-8-4-5-14(21)18(20)23/h6-7,14H,4-5,8-9H2,1-3H3,(H2,20,23)/t14-/m0/s1. The van der Waals surface area contributed by atoms with Crippen LogP contribution in [0.1, 0.15) is 29.5 Å². The average molecular weight is 358 g/mol. The molecule has 7 nitrogen and oxygen atoms in total. The van der Waals surface area contributed by atoms with E-state index < -0.39 is 11.9 Å². The van der Waals surface area contributed by atoms with E-state index in [0.717, 1.165) is 17.4 Å². The molecule has 1 aliphatic rings. The molecule has 26 heavy (non-hydrogen) atoms. The van der Waals surface area contributed by atoms with Crippen molar-refractivity contribution < 1.29 is 18.7 Å². The highest BCUT2D eigenvalue weighted by molar-refractivity contribution is 5.88. The third-order valence-electron chi connectivity index (χ3n) is 5.08.